The van der Waals surface area contributed by atoms with Crippen LogP contribution < -0.4 is 5.32 Å². The van der Waals surface area contributed by atoms with Gasteiger partial charge in [0.2, 0.25) is 0 Å². The van der Waals surface area contributed by atoms with Gasteiger partial charge in [0.15, 0.2) is 0 Å². The van der Waals surface area contributed by atoms with Gasteiger partial charge in [0.1, 0.15) is 5.52 Å². The highest BCUT2D eigenvalue weighted by molar-refractivity contribution is 9.10. The molecule has 106 valence electrons. The fourth-order valence-corrected chi connectivity index (χ4v) is 3.04. The topological polar surface area (TPSA) is 41.1 Å². The number of hydrogen-bond acceptors (Lipinski definition) is 4. The number of anilines is 1. The van der Waals surface area contributed by atoms with E-state index in [1.165, 1.54) is 25.9 Å². The Morgan fingerprint density at radius 3 is 2.95 bits per heavy atom. The molecule has 1 saturated heterocycles. The lowest BCUT2D eigenvalue weighted by Gasteiger charge is -2.24. The Morgan fingerprint density at radius 2 is 2.15 bits per heavy atom. The van der Waals surface area contributed by atoms with E-state index in [0.717, 1.165) is 27.7 Å². The monoisotopic (exact) mass is 334 g/mol. The summed E-state index contributed by atoms with van der Waals surface area (Å²) < 4.78 is 0.958. The van der Waals surface area contributed by atoms with Crippen LogP contribution in [0.1, 0.15) is 19.8 Å². The molecule has 0 aromatic carbocycles. The summed E-state index contributed by atoms with van der Waals surface area (Å²) >= 11 is 3.43. The number of likely N-dealkylation sites (tertiary alicyclic amines) is 1. The van der Waals surface area contributed by atoms with E-state index in [4.69, 9.17) is 0 Å². The van der Waals surface area contributed by atoms with E-state index in [9.17, 15) is 0 Å². The van der Waals surface area contributed by atoms with E-state index in [1.54, 1.807) is 0 Å². The van der Waals surface area contributed by atoms with Crippen molar-refractivity contribution in [3.63, 3.8) is 0 Å². The Hall–Kier alpha value is -1.20. The molecule has 1 aliphatic rings. The van der Waals surface area contributed by atoms with Gasteiger partial charge in [-0.3, -0.25) is 14.9 Å². The number of rotatable bonds is 4. The molecule has 2 aromatic heterocycles. The third kappa shape index (κ3) is 2.94. The summed E-state index contributed by atoms with van der Waals surface area (Å²) in [5.41, 5.74) is 2.91. The van der Waals surface area contributed by atoms with Crippen LogP contribution in [0.4, 0.5) is 5.69 Å². The second-order valence-corrected chi connectivity index (χ2v) is 6.27. The van der Waals surface area contributed by atoms with E-state index in [2.05, 4.69) is 43.0 Å². The zero-order valence-electron chi connectivity index (χ0n) is 11.6. The smallest absolute Gasteiger partial charge is 0.112 e. The third-order valence-corrected chi connectivity index (χ3v) is 4.33. The van der Waals surface area contributed by atoms with Crippen molar-refractivity contribution in [3.8, 4) is 0 Å². The molecule has 2 aromatic rings. The Bertz CT molecular complexity index is 595. The molecular weight excluding hydrogens is 316 g/mol. The summed E-state index contributed by atoms with van der Waals surface area (Å²) in [6.45, 7) is 5.68. The first-order valence-electron chi connectivity index (χ1n) is 7.12. The minimum Gasteiger partial charge on any atom is -0.382 e. The van der Waals surface area contributed by atoms with Crippen LogP contribution in [-0.2, 0) is 0 Å². The molecular formula is C15H19BrN4. The number of nitrogens with one attached hydrogen (secondary N) is 1. The minimum atomic E-state index is 0.552. The van der Waals surface area contributed by atoms with Gasteiger partial charge in [-0.05, 0) is 60.9 Å². The number of nitrogens with zero attached hydrogens (tertiary/aromatic N) is 3. The molecule has 0 saturated carbocycles. The second kappa shape index (κ2) is 6.06. The predicted octanol–water partition coefficient (Wildman–Crippen LogP) is 3.29. The van der Waals surface area contributed by atoms with Gasteiger partial charge in [-0.2, -0.15) is 0 Å². The van der Waals surface area contributed by atoms with E-state index in [-0.39, 0.29) is 0 Å². The lowest BCUT2D eigenvalue weighted by Crippen LogP contribution is -2.35. The van der Waals surface area contributed by atoms with E-state index in [1.807, 2.05) is 24.5 Å². The SMILES string of the molecule is CC(CNc1ccnc2cc(Br)cnc12)N1CCCC1. The molecule has 0 aliphatic carbocycles. The fourth-order valence-electron chi connectivity index (χ4n) is 2.72. The Kier molecular flexibility index (Phi) is 4.17. The molecule has 1 atom stereocenters. The molecule has 3 heterocycles. The molecule has 0 bridgehead atoms. The van der Waals surface area contributed by atoms with Crippen molar-refractivity contribution in [1.29, 1.82) is 0 Å². The highest BCUT2D eigenvalue weighted by Crippen LogP contribution is 2.22. The number of fused-ring (bicyclic) bond motifs is 1. The first kappa shape index (κ1) is 13.8. The summed E-state index contributed by atoms with van der Waals surface area (Å²) in [6.07, 6.45) is 6.31. The van der Waals surface area contributed by atoms with Gasteiger partial charge in [-0.15, -0.1) is 0 Å². The lowest BCUT2D eigenvalue weighted by molar-refractivity contribution is 0.269. The zero-order chi connectivity index (χ0) is 13.9. The van der Waals surface area contributed by atoms with Crippen LogP contribution in [0, 0.1) is 0 Å². The average molecular weight is 335 g/mol. The average Bonchev–Trinajstić information content (AvgIpc) is 2.98. The van der Waals surface area contributed by atoms with Gasteiger partial charge in [-0.1, -0.05) is 0 Å². The van der Waals surface area contributed by atoms with Gasteiger partial charge >= 0.3 is 0 Å². The summed E-state index contributed by atoms with van der Waals surface area (Å²) in [5, 5.41) is 3.52. The maximum Gasteiger partial charge on any atom is 0.112 e. The maximum atomic E-state index is 4.47. The molecule has 5 heteroatoms. The van der Waals surface area contributed by atoms with Crippen LogP contribution in [0.15, 0.2) is 29.0 Å². The Morgan fingerprint density at radius 1 is 1.35 bits per heavy atom. The molecule has 20 heavy (non-hydrogen) atoms. The van der Waals surface area contributed by atoms with Gasteiger partial charge in [0, 0.05) is 29.5 Å². The maximum absolute atomic E-state index is 4.47. The first-order valence-corrected chi connectivity index (χ1v) is 7.91. The van der Waals surface area contributed by atoms with Crippen molar-refractivity contribution in [2.75, 3.05) is 25.0 Å². The van der Waals surface area contributed by atoms with Gasteiger partial charge in [0.05, 0.1) is 11.2 Å². The van der Waals surface area contributed by atoms with E-state index in [0.29, 0.717) is 6.04 Å². The molecule has 0 radical (unpaired) electrons. The number of hydrogen-bond donors (Lipinski definition) is 1. The lowest BCUT2D eigenvalue weighted by atomic mass is 10.2. The van der Waals surface area contributed by atoms with Crippen molar-refractivity contribution in [2.24, 2.45) is 0 Å². The third-order valence-electron chi connectivity index (χ3n) is 3.90. The van der Waals surface area contributed by atoms with Crippen LogP contribution in [0.25, 0.3) is 11.0 Å². The second-order valence-electron chi connectivity index (χ2n) is 5.35. The number of halogens is 1. The number of aromatic nitrogens is 2. The molecule has 0 amide bonds. The summed E-state index contributed by atoms with van der Waals surface area (Å²) in [5.74, 6) is 0. The summed E-state index contributed by atoms with van der Waals surface area (Å²) in [4.78, 5) is 11.4. The molecule has 4 nitrogen and oxygen atoms in total. The molecule has 0 spiro atoms. The van der Waals surface area contributed by atoms with Crippen molar-refractivity contribution in [2.45, 2.75) is 25.8 Å². The standard InChI is InChI=1S/C15H19BrN4/c1-11(20-6-2-3-7-20)9-18-13-4-5-17-14-8-12(16)10-19-15(13)14/h4-5,8,10-11H,2-3,6-7,9H2,1H3,(H,17,18). The Labute approximate surface area is 127 Å². The molecule has 3 rings (SSSR count). The van der Waals surface area contributed by atoms with Crippen LogP contribution in [0.3, 0.4) is 0 Å². The van der Waals surface area contributed by atoms with Gasteiger partial charge in [0.25, 0.3) is 0 Å². The molecule has 1 fully saturated rings. The molecule has 1 unspecified atom stereocenters. The zero-order valence-corrected chi connectivity index (χ0v) is 13.2. The first-order chi connectivity index (χ1) is 9.74. The highest BCUT2D eigenvalue weighted by atomic mass is 79.9. The van der Waals surface area contributed by atoms with Gasteiger partial charge < -0.3 is 5.32 Å². The predicted molar refractivity (Wildman–Crippen MR) is 86.0 cm³/mol. The minimum absolute atomic E-state index is 0.552. The van der Waals surface area contributed by atoms with Crippen LogP contribution in [-0.4, -0.2) is 40.5 Å². The summed E-state index contributed by atoms with van der Waals surface area (Å²) in [7, 11) is 0. The molecule has 1 N–H and O–H groups in total. The van der Waals surface area contributed by atoms with Crippen LogP contribution >= 0.6 is 15.9 Å². The van der Waals surface area contributed by atoms with Gasteiger partial charge in [-0.25, -0.2) is 0 Å². The number of pyridine rings is 2. The van der Waals surface area contributed by atoms with Crippen molar-refractivity contribution < 1.29 is 0 Å². The van der Waals surface area contributed by atoms with Crippen LogP contribution in [0.2, 0.25) is 0 Å². The van der Waals surface area contributed by atoms with E-state index >= 15 is 0 Å². The van der Waals surface area contributed by atoms with Crippen molar-refractivity contribution in [1.82, 2.24) is 14.9 Å². The van der Waals surface area contributed by atoms with Crippen molar-refractivity contribution >= 4 is 32.7 Å². The molecule has 1 aliphatic heterocycles. The largest absolute Gasteiger partial charge is 0.382 e. The fraction of sp³-hybridized carbons (Fsp3) is 0.467. The quantitative estimate of drug-likeness (QED) is 0.931. The van der Waals surface area contributed by atoms with Crippen molar-refractivity contribution in [3.05, 3.63) is 29.0 Å². The normalized spacial score (nSPS) is 17.5. The highest BCUT2D eigenvalue weighted by Gasteiger charge is 2.17. The van der Waals surface area contributed by atoms with Crippen LogP contribution in [0.5, 0.6) is 0 Å². The Balaban J connectivity index is 1.74. The summed E-state index contributed by atoms with van der Waals surface area (Å²) in [6, 6.07) is 4.55. The van der Waals surface area contributed by atoms with E-state index < -0.39 is 0 Å².